The van der Waals surface area contributed by atoms with E-state index in [2.05, 4.69) is 32.0 Å². The van der Waals surface area contributed by atoms with Crippen molar-refractivity contribution in [3.63, 3.8) is 0 Å². The smallest absolute Gasteiger partial charge is 0.255 e. The SMILES string of the molecule is CONONCCOC(C)(C)c1ccc(-c2nc3c(c(=O)[nH]2)CSCC3)cc1C#N. The molecule has 0 bridgehead atoms. The summed E-state index contributed by atoms with van der Waals surface area (Å²) in [5.74, 6) is 2.13. The maximum atomic E-state index is 12.4. The van der Waals surface area contributed by atoms with E-state index >= 15 is 0 Å². The Morgan fingerprint density at radius 3 is 3.00 bits per heavy atom. The Balaban J connectivity index is 1.79. The van der Waals surface area contributed by atoms with Gasteiger partial charge in [0.05, 0.1) is 36.6 Å². The van der Waals surface area contributed by atoms with Crippen molar-refractivity contribution in [2.75, 3.05) is 26.0 Å². The van der Waals surface area contributed by atoms with E-state index in [1.54, 1.807) is 17.8 Å². The van der Waals surface area contributed by atoms with Crippen molar-refractivity contribution in [2.45, 2.75) is 31.6 Å². The highest BCUT2D eigenvalue weighted by molar-refractivity contribution is 7.98. The largest absolute Gasteiger partial charge is 0.369 e. The monoisotopic (exact) mass is 431 g/mol. The molecule has 0 aliphatic carbocycles. The summed E-state index contributed by atoms with van der Waals surface area (Å²) in [5, 5.41) is 9.71. The van der Waals surface area contributed by atoms with Crippen LogP contribution in [0, 0.1) is 11.3 Å². The molecule has 0 saturated carbocycles. The lowest BCUT2D eigenvalue weighted by atomic mass is 9.91. The highest BCUT2D eigenvalue weighted by Crippen LogP contribution is 2.30. The van der Waals surface area contributed by atoms with E-state index in [1.165, 1.54) is 7.11 Å². The highest BCUT2D eigenvalue weighted by Gasteiger charge is 2.25. The lowest BCUT2D eigenvalue weighted by Gasteiger charge is -2.27. The van der Waals surface area contributed by atoms with E-state index in [9.17, 15) is 10.1 Å². The van der Waals surface area contributed by atoms with Crippen molar-refractivity contribution in [3.05, 3.63) is 50.9 Å². The number of aryl methyl sites for hydroxylation is 1. The first-order valence-corrected chi connectivity index (χ1v) is 10.7. The lowest BCUT2D eigenvalue weighted by Crippen LogP contribution is -2.31. The molecule has 0 radical (unpaired) electrons. The molecule has 0 atom stereocenters. The number of aromatic nitrogens is 2. The summed E-state index contributed by atoms with van der Waals surface area (Å²) in [6.45, 7) is 4.56. The molecule has 2 heterocycles. The van der Waals surface area contributed by atoms with Gasteiger partial charge in [-0.2, -0.15) is 27.4 Å². The summed E-state index contributed by atoms with van der Waals surface area (Å²) in [4.78, 5) is 29.2. The van der Waals surface area contributed by atoms with E-state index in [-0.39, 0.29) is 5.56 Å². The maximum Gasteiger partial charge on any atom is 0.255 e. The summed E-state index contributed by atoms with van der Waals surface area (Å²) < 4.78 is 5.94. The van der Waals surface area contributed by atoms with Gasteiger partial charge in [0.15, 0.2) is 0 Å². The minimum atomic E-state index is -0.701. The molecule has 9 nitrogen and oxygen atoms in total. The fourth-order valence-corrected chi connectivity index (χ4v) is 4.22. The van der Waals surface area contributed by atoms with Crippen molar-refractivity contribution in [3.8, 4) is 17.5 Å². The number of fused-ring (bicyclic) bond motifs is 1. The summed E-state index contributed by atoms with van der Waals surface area (Å²) in [5.41, 5.74) is 7.54. The Hall–Kier alpha value is -2.26. The number of H-pyrrole nitrogens is 1. The zero-order valence-corrected chi connectivity index (χ0v) is 18.0. The van der Waals surface area contributed by atoms with E-state index in [0.29, 0.717) is 35.9 Å². The number of thioether (sulfide) groups is 1. The van der Waals surface area contributed by atoms with Gasteiger partial charge in [-0.3, -0.25) is 9.63 Å². The average molecular weight is 432 g/mol. The number of nitrogens with one attached hydrogen (secondary N) is 3. The molecule has 0 spiro atoms. The van der Waals surface area contributed by atoms with Crippen molar-refractivity contribution in [2.24, 2.45) is 0 Å². The molecule has 0 amide bonds. The first-order chi connectivity index (χ1) is 14.5. The van der Waals surface area contributed by atoms with Gasteiger partial charge < -0.3 is 9.72 Å². The Morgan fingerprint density at radius 2 is 2.23 bits per heavy atom. The van der Waals surface area contributed by atoms with Crippen LogP contribution in [0.15, 0.2) is 23.0 Å². The second kappa shape index (κ2) is 10.2. The molecular weight excluding hydrogens is 406 g/mol. The van der Waals surface area contributed by atoms with Crippen molar-refractivity contribution < 1.29 is 14.5 Å². The molecule has 1 aliphatic rings. The molecule has 10 heteroatoms. The summed E-state index contributed by atoms with van der Waals surface area (Å²) in [7, 11) is 1.43. The molecule has 2 aromatic rings. The molecule has 0 saturated heterocycles. The number of nitrogens with zero attached hydrogens (tertiary/aromatic N) is 2. The van der Waals surface area contributed by atoms with E-state index in [4.69, 9.17) is 9.68 Å². The zero-order chi connectivity index (χ0) is 21.6. The van der Waals surface area contributed by atoms with Gasteiger partial charge in [-0.15, -0.1) is 0 Å². The Labute approximate surface area is 179 Å². The number of hydroxylamine groups is 1. The number of hydrogen-bond acceptors (Lipinski definition) is 9. The number of nitriles is 1. The van der Waals surface area contributed by atoms with Gasteiger partial charge in [-0.1, -0.05) is 17.8 Å². The summed E-state index contributed by atoms with van der Waals surface area (Å²) in [6, 6.07) is 7.68. The van der Waals surface area contributed by atoms with Gasteiger partial charge in [-0.05, 0) is 32.1 Å². The van der Waals surface area contributed by atoms with Gasteiger partial charge in [0.1, 0.15) is 5.82 Å². The maximum absolute atomic E-state index is 12.4. The number of rotatable bonds is 9. The number of aromatic amines is 1. The van der Waals surface area contributed by atoms with Crippen molar-refractivity contribution in [1.82, 2.24) is 21.1 Å². The van der Waals surface area contributed by atoms with Crippen molar-refractivity contribution in [1.29, 1.82) is 5.26 Å². The second-order valence-corrected chi connectivity index (χ2v) is 8.26. The predicted octanol–water partition coefficient (Wildman–Crippen LogP) is 1.94. The van der Waals surface area contributed by atoms with Crippen molar-refractivity contribution >= 4 is 11.8 Å². The third-order valence-corrected chi connectivity index (χ3v) is 5.74. The van der Waals surface area contributed by atoms with Gasteiger partial charge in [0, 0.05) is 29.0 Å². The van der Waals surface area contributed by atoms with Crippen LogP contribution in [0.25, 0.3) is 11.4 Å². The molecular formula is C20H25N5O4S. The second-order valence-electron chi connectivity index (χ2n) is 7.16. The molecule has 1 aliphatic heterocycles. The van der Waals surface area contributed by atoms with Crippen LogP contribution in [0.3, 0.4) is 0 Å². The quantitative estimate of drug-likeness (QED) is 0.404. The predicted molar refractivity (Wildman–Crippen MR) is 113 cm³/mol. The lowest BCUT2D eigenvalue weighted by molar-refractivity contribution is -0.196. The fourth-order valence-electron chi connectivity index (χ4n) is 3.24. The Morgan fingerprint density at radius 1 is 1.40 bits per heavy atom. The molecule has 1 aromatic heterocycles. The normalized spacial score (nSPS) is 13.7. The van der Waals surface area contributed by atoms with E-state index in [0.717, 1.165) is 29.0 Å². The third-order valence-electron chi connectivity index (χ3n) is 4.76. The number of ether oxygens (including phenoxy) is 1. The minimum Gasteiger partial charge on any atom is -0.369 e. The van der Waals surface area contributed by atoms with E-state index < -0.39 is 5.60 Å². The van der Waals surface area contributed by atoms with Crippen LogP contribution in [-0.2, 0) is 32.3 Å². The Bertz CT molecular complexity index is 986. The van der Waals surface area contributed by atoms with Gasteiger partial charge in [-0.25, -0.2) is 4.98 Å². The van der Waals surface area contributed by atoms with E-state index in [1.807, 2.05) is 26.0 Å². The molecule has 160 valence electrons. The number of hydrogen-bond donors (Lipinski definition) is 3. The summed E-state index contributed by atoms with van der Waals surface area (Å²) >= 11 is 1.74. The van der Waals surface area contributed by atoms with Crippen LogP contribution in [0.1, 0.15) is 36.2 Å². The van der Waals surface area contributed by atoms with Crippen LogP contribution in [0.5, 0.6) is 0 Å². The average Bonchev–Trinajstić information content (AvgIpc) is 2.75. The fraction of sp³-hybridized carbons (Fsp3) is 0.450. The Kier molecular flexibility index (Phi) is 7.60. The summed E-state index contributed by atoms with van der Waals surface area (Å²) in [6.07, 6.45) is 0.776. The molecule has 3 rings (SSSR count). The van der Waals surface area contributed by atoms with Crippen LogP contribution >= 0.6 is 11.8 Å². The molecule has 0 fully saturated rings. The molecule has 1 aromatic carbocycles. The minimum absolute atomic E-state index is 0.105. The molecule has 30 heavy (non-hydrogen) atoms. The van der Waals surface area contributed by atoms with Gasteiger partial charge in [0.2, 0.25) is 0 Å². The number of benzene rings is 1. The third kappa shape index (κ3) is 5.26. The highest BCUT2D eigenvalue weighted by atomic mass is 32.2. The first kappa shape index (κ1) is 22.4. The molecule has 3 N–H and O–H groups in total. The van der Waals surface area contributed by atoms with Gasteiger partial charge in [0.25, 0.3) is 5.56 Å². The van der Waals surface area contributed by atoms with Crippen LogP contribution in [0.4, 0.5) is 0 Å². The van der Waals surface area contributed by atoms with Crippen LogP contribution < -0.4 is 16.7 Å². The standard InChI is InChI=1S/C20H25N5O4S/c1-20(2,28-8-7-22-29-25-27-3)16-5-4-13(10-14(16)11-21)18-23-17-6-9-30-12-15(17)19(26)24-18/h4-5,10,22,25H,6-9,12H2,1-3H3,(H,23,24,26). The molecule has 0 unspecified atom stereocenters. The first-order valence-electron chi connectivity index (χ1n) is 9.51. The van der Waals surface area contributed by atoms with Crippen LogP contribution in [0.2, 0.25) is 0 Å². The van der Waals surface area contributed by atoms with Gasteiger partial charge >= 0.3 is 0 Å². The van der Waals surface area contributed by atoms with Crippen LogP contribution in [-0.4, -0.2) is 36.0 Å². The zero-order valence-electron chi connectivity index (χ0n) is 17.2. The topological polar surface area (TPSA) is 121 Å².